The molecule has 0 fully saturated rings. The summed E-state index contributed by atoms with van der Waals surface area (Å²) in [5.74, 6) is 0.445. The average Bonchev–Trinajstić information content (AvgIpc) is 3.05. The van der Waals surface area contributed by atoms with Crippen molar-refractivity contribution in [2.24, 2.45) is 0 Å². The van der Waals surface area contributed by atoms with Crippen LogP contribution in [0.25, 0.3) is 0 Å². The van der Waals surface area contributed by atoms with Crippen molar-refractivity contribution in [2.75, 3.05) is 12.5 Å². The second kappa shape index (κ2) is 9.94. The van der Waals surface area contributed by atoms with Gasteiger partial charge in [-0.1, -0.05) is 24.3 Å². The van der Waals surface area contributed by atoms with Gasteiger partial charge in [-0.2, -0.15) is 5.10 Å². The minimum atomic E-state index is -2.97. The molecule has 0 radical (unpaired) electrons. The van der Waals surface area contributed by atoms with Gasteiger partial charge in [0.15, 0.2) is 0 Å². The van der Waals surface area contributed by atoms with Crippen LogP contribution in [0.2, 0.25) is 0 Å². The topological polar surface area (TPSA) is 51.1 Å². The highest BCUT2D eigenvalue weighted by Crippen LogP contribution is 2.35. The van der Waals surface area contributed by atoms with Gasteiger partial charge in [0.1, 0.15) is 17.1 Å². The largest absolute Gasteiger partial charge is 0.496 e. The second-order valence-corrected chi connectivity index (χ2v) is 7.13. The number of ether oxygens (including phenoxy) is 1. The second-order valence-electron chi connectivity index (χ2n) is 6.33. The zero-order valence-electron chi connectivity index (χ0n) is 15.9. The number of methoxy groups -OCH3 is 1. The number of para-hydroxylation sites is 1. The maximum Gasteiger partial charge on any atom is 0.283 e. The van der Waals surface area contributed by atoms with Gasteiger partial charge in [0.05, 0.1) is 18.1 Å². The molecular formula is C20H19BrF4N4O. The molecule has 5 nitrogen and oxygen atoms in total. The molecule has 0 saturated carbocycles. The van der Waals surface area contributed by atoms with Crippen molar-refractivity contribution in [1.82, 2.24) is 15.2 Å². The quantitative estimate of drug-likeness (QED) is 0.301. The Hall–Kier alpha value is -2.59. The van der Waals surface area contributed by atoms with Crippen LogP contribution in [0.1, 0.15) is 35.4 Å². The number of nitrogens with zero attached hydrogens (tertiary/aromatic N) is 2. The Labute approximate surface area is 179 Å². The molecule has 1 heterocycles. The van der Waals surface area contributed by atoms with E-state index < -0.39 is 24.2 Å². The third-order valence-corrected chi connectivity index (χ3v) is 5.15. The number of benzene rings is 2. The lowest BCUT2D eigenvalue weighted by Crippen LogP contribution is -2.21. The maximum atomic E-state index is 13.5. The zero-order valence-corrected chi connectivity index (χ0v) is 17.5. The molecule has 0 unspecified atom stereocenters. The molecule has 0 aliphatic heterocycles. The van der Waals surface area contributed by atoms with Crippen LogP contribution in [-0.2, 0) is 13.1 Å². The summed E-state index contributed by atoms with van der Waals surface area (Å²) in [5, 5.41) is 3.69. The Morgan fingerprint density at radius 3 is 2.43 bits per heavy atom. The molecule has 160 valence electrons. The third kappa shape index (κ3) is 5.11. The fraction of sp³-hybridized carbons (Fsp3) is 0.250. The Kier molecular flexibility index (Phi) is 7.33. The predicted molar refractivity (Wildman–Crippen MR) is 109 cm³/mol. The molecule has 0 atom stereocenters. The minimum absolute atomic E-state index is 0.145. The highest BCUT2D eigenvalue weighted by molar-refractivity contribution is 9.10. The molecule has 2 N–H and O–H groups in total. The van der Waals surface area contributed by atoms with Crippen molar-refractivity contribution >= 4 is 21.6 Å². The fourth-order valence-corrected chi connectivity index (χ4v) is 3.57. The van der Waals surface area contributed by atoms with Crippen LogP contribution in [0.3, 0.4) is 0 Å². The summed E-state index contributed by atoms with van der Waals surface area (Å²) < 4.78 is 59.0. The smallest absolute Gasteiger partial charge is 0.283 e. The molecule has 10 heteroatoms. The first-order valence-corrected chi connectivity index (χ1v) is 9.72. The molecule has 0 aliphatic rings. The minimum Gasteiger partial charge on any atom is -0.496 e. The van der Waals surface area contributed by atoms with Crippen LogP contribution >= 0.6 is 15.9 Å². The van der Waals surface area contributed by atoms with Crippen molar-refractivity contribution in [3.63, 3.8) is 0 Å². The standard InChI is InChI=1S/C20H19BrF4N4O/c1-30-15-8-7-12(10-26-27-14-5-3-2-4-6-14)9-13(15)11-29-18(20(24)25)16(21)17(28-29)19(22)23/h2-9,19-20,26-27H,10-11H2,1H3. The van der Waals surface area contributed by atoms with Gasteiger partial charge >= 0.3 is 0 Å². The van der Waals surface area contributed by atoms with Crippen molar-refractivity contribution in [3.8, 4) is 5.75 Å². The number of hydrogen-bond acceptors (Lipinski definition) is 4. The molecule has 0 saturated heterocycles. The van der Waals surface area contributed by atoms with E-state index in [0.29, 0.717) is 17.9 Å². The van der Waals surface area contributed by atoms with Crippen LogP contribution < -0.4 is 15.6 Å². The normalized spacial score (nSPS) is 11.3. The third-order valence-electron chi connectivity index (χ3n) is 4.33. The summed E-state index contributed by atoms with van der Waals surface area (Å²) in [4.78, 5) is 0. The van der Waals surface area contributed by atoms with E-state index in [-0.39, 0.29) is 11.0 Å². The lowest BCUT2D eigenvalue weighted by molar-refractivity contribution is 0.139. The Bertz CT molecular complexity index is 982. The van der Waals surface area contributed by atoms with E-state index in [1.54, 1.807) is 12.1 Å². The number of rotatable bonds is 9. The number of halogens is 5. The first kappa shape index (κ1) is 22.1. The molecule has 0 bridgehead atoms. The number of hydrazine groups is 1. The van der Waals surface area contributed by atoms with E-state index in [1.807, 2.05) is 36.4 Å². The predicted octanol–water partition coefficient (Wildman–Crippen LogP) is 5.69. The molecule has 3 rings (SSSR count). The van der Waals surface area contributed by atoms with Crippen LogP contribution in [0.15, 0.2) is 53.0 Å². The summed E-state index contributed by atoms with van der Waals surface area (Å²) >= 11 is 2.83. The highest BCUT2D eigenvalue weighted by atomic mass is 79.9. The van der Waals surface area contributed by atoms with Crippen molar-refractivity contribution in [3.05, 3.63) is 75.5 Å². The lowest BCUT2D eigenvalue weighted by Gasteiger charge is -2.14. The van der Waals surface area contributed by atoms with Gasteiger partial charge in [-0.15, -0.1) is 0 Å². The van der Waals surface area contributed by atoms with Gasteiger partial charge < -0.3 is 10.2 Å². The van der Waals surface area contributed by atoms with E-state index in [4.69, 9.17) is 4.74 Å². The van der Waals surface area contributed by atoms with Gasteiger partial charge in [-0.25, -0.2) is 23.0 Å². The molecule has 0 aliphatic carbocycles. The summed E-state index contributed by atoms with van der Waals surface area (Å²) in [6.07, 6.45) is -5.94. The van der Waals surface area contributed by atoms with E-state index in [2.05, 4.69) is 31.9 Å². The molecule has 0 amide bonds. The number of nitrogens with one attached hydrogen (secondary N) is 2. The van der Waals surface area contributed by atoms with E-state index in [1.165, 1.54) is 7.11 Å². The van der Waals surface area contributed by atoms with Gasteiger partial charge in [-0.05, 0) is 45.8 Å². The molecule has 3 aromatic rings. The molecule has 1 aromatic heterocycles. The monoisotopic (exact) mass is 486 g/mol. The summed E-state index contributed by atoms with van der Waals surface area (Å²) in [5.41, 5.74) is 7.07. The van der Waals surface area contributed by atoms with E-state index in [0.717, 1.165) is 15.9 Å². The maximum absolute atomic E-state index is 13.5. The number of aromatic nitrogens is 2. The van der Waals surface area contributed by atoms with Gasteiger partial charge in [0, 0.05) is 17.8 Å². The van der Waals surface area contributed by atoms with Crippen LogP contribution in [-0.4, -0.2) is 16.9 Å². The first-order chi connectivity index (χ1) is 14.4. The summed E-state index contributed by atoms with van der Waals surface area (Å²) in [6, 6.07) is 14.8. The average molecular weight is 487 g/mol. The van der Waals surface area contributed by atoms with Gasteiger partial charge in [0.2, 0.25) is 0 Å². The first-order valence-electron chi connectivity index (χ1n) is 8.92. The van der Waals surface area contributed by atoms with Crippen LogP contribution in [0.4, 0.5) is 23.2 Å². The molecule has 2 aromatic carbocycles. The number of hydrogen-bond donors (Lipinski definition) is 2. The van der Waals surface area contributed by atoms with Crippen molar-refractivity contribution in [1.29, 1.82) is 0 Å². The zero-order chi connectivity index (χ0) is 21.7. The molecular weight excluding hydrogens is 468 g/mol. The van der Waals surface area contributed by atoms with Crippen LogP contribution in [0.5, 0.6) is 5.75 Å². The lowest BCUT2D eigenvalue weighted by atomic mass is 10.1. The highest BCUT2D eigenvalue weighted by Gasteiger charge is 2.28. The molecule has 30 heavy (non-hydrogen) atoms. The number of anilines is 1. The van der Waals surface area contributed by atoms with Crippen molar-refractivity contribution in [2.45, 2.75) is 25.9 Å². The van der Waals surface area contributed by atoms with Crippen LogP contribution in [0, 0.1) is 0 Å². The Morgan fingerprint density at radius 1 is 1.07 bits per heavy atom. The Balaban J connectivity index is 1.81. The van der Waals surface area contributed by atoms with Gasteiger partial charge in [-0.3, -0.25) is 4.68 Å². The van der Waals surface area contributed by atoms with Crippen molar-refractivity contribution < 1.29 is 22.3 Å². The molecule has 0 spiro atoms. The van der Waals surface area contributed by atoms with Gasteiger partial charge in [0.25, 0.3) is 12.9 Å². The van der Waals surface area contributed by atoms with E-state index >= 15 is 0 Å². The van der Waals surface area contributed by atoms with E-state index in [9.17, 15) is 17.6 Å². The fourth-order valence-electron chi connectivity index (χ4n) is 2.94. The SMILES string of the molecule is COc1ccc(CNNc2ccccc2)cc1Cn1nc(C(F)F)c(Br)c1C(F)F. The summed E-state index contributed by atoms with van der Waals surface area (Å²) in [7, 11) is 1.45. The number of alkyl halides is 4. The Morgan fingerprint density at radius 2 is 1.80 bits per heavy atom. The summed E-state index contributed by atoms with van der Waals surface area (Å²) in [6.45, 7) is 0.285.